The van der Waals surface area contributed by atoms with Crippen molar-refractivity contribution in [1.82, 2.24) is 5.32 Å². The number of benzene rings is 3. The molecule has 12 heteroatoms. The first-order valence-electron chi connectivity index (χ1n) is 12.4. The number of imide groups is 1. The van der Waals surface area contributed by atoms with Gasteiger partial charge in [0.05, 0.1) is 10.2 Å². The Morgan fingerprint density at radius 3 is 2.42 bits per heavy atom. The molecular formula is C28H28N4O7S. The van der Waals surface area contributed by atoms with Gasteiger partial charge in [-0.25, -0.2) is 0 Å². The van der Waals surface area contributed by atoms with E-state index in [1.807, 2.05) is 32.0 Å². The molecular weight excluding hydrogens is 536 g/mol. The molecule has 1 heterocycles. The number of nitrogens with zero attached hydrogens (tertiary/aromatic N) is 2. The smallest absolute Gasteiger partial charge is 0.293 e. The number of ether oxygens (including phenoxy) is 2. The zero-order valence-corrected chi connectivity index (χ0v) is 22.9. The number of likely N-dealkylation sites (N-methyl/N-ethyl adjacent to an activating group) is 1. The normalized spacial score (nSPS) is 14.6. The average Bonchev–Trinajstić information content (AvgIpc) is 3.23. The number of hydrogen-bond acceptors (Lipinski definition) is 9. The molecule has 0 radical (unpaired) electrons. The summed E-state index contributed by atoms with van der Waals surface area (Å²) in [5, 5.41) is 16.4. The number of amides is 3. The molecule has 40 heavy (non-hydrogen) atoms. The summed E-state index contributed by atoms with van der Waals surface area (Å²) in [6.07, 6.45) is 0.380. The van der Waals surface area contributed by atoms with Crippen LogP contribution in [0.1, 0.15) is 19.4 Å². The van der Waals surface area contributed by atoms with Crippen molar-refractivity contribution < 1.29 is 28.8 Å². The zero-order chi connectivity index (χ0) is 28.8. The lowest BCUT2D eigenvalue weighted by molar-refractivity contribution is -0.384. The van der Waals surface area contributed by atoms with Crippen molar-refractivity contribution in [2.75, 3.05) is 23.9 Å². The molecule has 1 atom stereocenters. The highest BCUT2D eigenvalue weighted by Crippen LogP contribution is 2.34. The Bertz CT molecular complexity index is 1430. The lowest BCUT2D eigenvalue weighted by Gasteiger charge is -2.19. The van der Waals surface area contributed by atoms with Gasteiger partial charge in [-0.3, -0.25) is 29.8 Å². The number of anilines is 2. The molecule has 1 aliphatic heterocycles. The third-order valence-corrected chi connectivity index (χ3v) is 6.86. The van der Waals surface area contributed by atoms with Gasteiger partial charge in [-0.15, -0.1) is 0 Å². The molecule has 0 bridgehead atoms. The summed E-state index contributed by atoms with van der Waals surface area (Å²) in [7, 11) is 1.43. The molecule has 3 aromatic rings. The van der Waals surface area contributed by atoms with E-state index in [-0.39, 0.29) is 35.2 Å². The van der Waals surface area contributed by atoms with Gasteiger partial charge in [0.15, 0.2) is 6.61 Å². The molecule has 1 unspecified atom stereocenters. The largest absolute Gasteiger partial charge is 0.484 e. The minimum atomic E-state index is -0.563. The van der Waals surface area contributed by atoms with Crippen molar-refractivity contribution in [3.05, 3.63) is 82.4 Å². The average molecular weight is 565 g/mol. The van der Waals surface area contributed by atoms with Crippen molar-refractivity contribution >= 4 is 45.9 Å². The topological polar surface area (TPSA) is 140 Å². The summed E-state index contributed by atoms with van der Waals surface area (Å²) in [6.45, 7) is 3.67. The first kappa shape index (κ1) is 28.4. The van der Waals surface area contributed by atoms with Crippen molar-refractivity contribution in [3.8, 4) is 17.2 Å². The number of rotatable bonds is 11. The Morgan fingerprint density at radius 1 is 1.07 bits per heavy atom. The summed E-state index contributed by atoms with van der Waals surface area (Å²) < 4.78 is 11.5. The molecule has 1 fully saturated rings. The van der Waals surface area contributed by atoms with Gasteiger partial charge in [-0.2, -0.15) is 0 Å². The van der Waals surface area contributed by atoms with Gasteiger partial charge < -0.3 is 19.7 Å². The monoisotopic (exact) mass is 564 g/mol. The lowest BCUT2D eigenvalue weighted by atomic mass is 10.1. The molecule has 0 aromatic heterocycles. The second-order valence-electron chi connectivity index (χ2n) is 9.31. The summed E-state index contributed by atoms with van der Waals surface area (Å²) in [4.78, 5) is 48.3. The van der Waals surface area contributed by atoms with Gasteiger partial charge >= 0.3 is 0 Å². The first-order valence-corrected chi connectivity index (χ1v) is 13.3. The van der Waals surface area contributed by atoms with E-state index < -0.39 is 16.1 Å². The number of nitrogens with one attached hydrogen (secondary N) is 2. The highest BCUT2D eigenvalue weighted by molar-refractivity contribution is 8.15. The summed E-state index contributed by atoms with van der Waals surface area (Å²) >= 11 is 0.954. The van der Waals surface area contributed by atoms with Crippen molar-refractivity contribution in [2.45, 2.75) is 31.6 Å². The first-order chi connectivity index (χ1) is 19.1. The quantitative estimate of drug-likeness (QED) is 0.239. The second-order valence-corrected chi connectivity index (χ2v) is 10.5. The van der Waals surface area contributed by atoms with E-state index in [0.29, 0.717) is 23.7 Å². The Hall–Kier alpha value is -4.58. The maximum Gasteiger partial charge on any atom is 0.293 e. The molecule has 0 spiro atoms. The van der Waals surface area contributed by atoms with Crippen LogP contribution in [0.2, 0.25) is 0 Å². The van der Waals surface area contributed by atoms with Gasteiger partial charge in [-0.05, 0) is 56.2 Å². The standard InChI is InChI=1S/C28H28N4O7S/c1-17(2)29-19-5-4-6-21(14-19)39-22-11-12-23(32(36)37)24(15-22)31(3)26(33)16-38-20-9-7-18(8-10-20)13-25-27(34)30-28(35)40-25/h4-12,14-15,17,25,29H,13,16H2,1-3H3,(H,30,34,35). The highest BCUT2D eigenvalue weighted by atomic mass is 32.2. The van der Waals surface area contributed by atoms with E-state index in [2.05, 4.69) is 10.6 Å². The molecule has 1 aliphatic rings. The van der Waals surface area contributed by atoms with Crippen LogP contribution in [0.3, 0.4) is 0 Å². The third-order valence-electron chi connectivity index (χ3n) is 5.88. The maximum atomic E-state index is 12.9. The van der Waals surface area contributed by atoms with E-state index in [0.717, 1.165) is 27.9 Å². The number of carbonyl (C=O) groups excluding carboxylic acids is 3. The van der Waals surface area contributed by atoms with Crippen LogP contribution < -0.4 is 25.0 Å². The van der Waals surface area contributed by atoms with Gasteiger partial charge in [0.1, 0.15) is 22.9 Å². The zero-order valence-electron chi connectivity index (χ0n) is 22.1. The van der Waals surface area contributed by atoms with Crippen molar-refractivity contribution in [2.24, 2.45) is 0 Å². The lowest BCUT2D eigenvalue weighted by Crippen LogP contribution is -2.31. The number of hydrogen-bond donors (Lipinski definition) is 2. The fraction of sp³-hybridized carbons (Fsp3) is 0.250. The van der Waals surface area contributed by atoms with Crippen LogP contribution in [0.4, 0.5) is 21.9 Å². The maximum absolute atomic E-state index is 12.9. The van der Waals surface area contributed by atoms with Crippen LogP contribution in [0.25, 0.3) is 0 Å². The minimum absolute atomic E-state index is 0.0600. The number of nitro benzene ring substituents is 1. The predicted molar refractivity (Wildman–Crippen MR) is 152 cm³/mol. The Balaban J connectivity index is 1.41. The molecule has 3 amide bonds. The third kappa shape index (κ3) is 7.29. The Labute approximate surface area is 235 Å². The van der Waals surface area contributed by atoms with Gasteiger partial charge in [0.2, 0.25) is 5.91 Å². The number of carbonyl (C=O) groups is 3. The molecule has 2 N–H and O–H groups in total. The molecule has 208 valence electrons. The number of nitro groups is 1. The van der Waals surface area contributed by atoms with Gasteiger partial charge in [-0.1, -0.05) is 30.0 Å². The van der Waals surface area contributed by atoms with Crippen LogP contribution in [-0.2, 0) is 16.0 Å². The SMILES string of the molecule is CC(C)Nc1cccc(Oc2ccc([N+](=O)[O-])c(N(C)C(=O)COc3ccc(CC4SC(=O)NC4=O)cc3)c2)c1. The predicted octanol–water partition coefficient (Wildman–Crippen LogP) is 5.14. The van der Waals surface area contributed by atoms with Crippen LogP contribution in [0, 0.1) is 10.1 Å². The summed E-state index contributed by atoms with van der Waals surface area (Å²) in [5.41, 5.74) is 1.50. The van der Waals surface area contributed by atoms with E-state index in [1.165, 1.54) is 25.2 Å². The van der Waals surface area contributed by atoms with Crippen LogP contribution in [0.15, 0.2) is 66.7 Å². The van der Waals surface area contributed by atoms with Crippen LogP contribution >= 0.6 is 11.8 Å². The van der Waals surface area contributed by atoms with E-state index >= 15 is 0 Å². The Morgan fingerprint density at radius 2 is 1.77 bits per heavy atom. The molecule has 1 saturated heterocycles. The number of thioether (sulfide) groups is 1. The van der Waals surface area contributed by atoms with E-state index in [9.17, 15) is 24.5 Å². The molecule has 0 aliphatic carbocycles. The van der Waals surface area contributed by atoms with E-state index in [1.54, 1.807) is 30.3 Å². The van der Waals surface area contributed by atoms with Crippen molar-refractivity contribution in [1.29, 1.82) is 0 Å². The fourth-order valence-corrected chi connectivity index (χ4v) is 4.81. The molecule has 0 saturated carbocycles. The molecule has 4 rings (SSSR count). The summed E-state index contributed by atoms with van der Waals surface area (Å²) in [6, 6.07) is 18.6. The summed E-state index contributed by atoms with van der Waals surface area (Å²) in [5.74, 6) is 0.444. The molecule has 11 nitrogen and oxygen atoms in total. The van der Waals surface area contributed by atoms with Crippen LogP contribution in [-0.4, -0.2) is 46.9 Å². The minimum Gasteiger partial charge on any atom is -0.484 e. The second kappa shape index (κ2) is 12.5. The highest BCUT2D eigenvalue weighted by Gasteiger charge is 2.31. The van der Waals surface area contributed by atoms with Crippen molar-refractivity contribution in [3.63, 3.8) is 0 Å². The van der Waals surface area contributed by atoms with Gasteiger partial charge in [0.25, 0.3) is 16.8 Å². The van der Waals surface area contributed by atoms with Crippen LogP contribution in [0.5, 0.6) is 17.2 Å². The van der Waals surface area contributed by atoms with E-state index in [4.69, 9.17) is 9.47 Å². The Kier molecular flexibility index (Phi) is 8.90. The van der Waals surface area contributed by atoms with Gasteiger partial charge in [0, 0.05) is 37.0 Å². The molecule has 3 aromatic carbocycles. The fourth-order valence-electron chi connectivity index (χ4n) is 3.95.